The fourth-order valence-electron chi connectivity index (χ4n) is 5.61. The molecule has 0 aromatic rings. The molecule has 2 N–H and O–H groups in total. The number of carbonyl (C=O) groups is 2. The number of hydrogen-bond acceptors (Lipinski definition) is 3. The van der Waals surface area contributed by atoms with E-state index in [0.717, 1.165) is 75.4 Å². The first-order chi connectivity index (χ1) is 14.0. The van der Waals surface area contributed by atoms with Crippen molar-refractivity contribution in [3.8, 4) is 0 Å². The first kappa shape index (κ1) is 22.3. The van der Waals surface area contributed by atoms with Crippen molar-refractivity contribution < 1.29 is 19.8 Å². The van der Waals surface area contributed by atoms with E-state index < -0.39 is 5.97 Å². The maximum absolute atomic E-state index is 12.4. The lowest BCUT2D eigenvalue weighted by Gasteiger charge is -2.35. The van der Waals surface area contributed by atoms with Gasteiger partial charge in [0.25, 0.3) is 0 Å². The number of ketones is 1. The third-order valence-corrected chi connectivity index (χ3v) is 7.58. The summed E-state index contributed by atoms with van der Waals surface area (Å²) in [6.07, 6.45) is 15.5. The van der Waals surface area contributed by atoms with Crippen molar-refractivity contribution in [2.45, 2.75) is 116 Å². The van der Waals surface area contributed by atoms with Crippen LogP contribution in [-0.2, 0) is 9.59 Å². The average Bonchev–Trinajstić information content (AvgIpc) is 3.18. The summed E-state index contributed by atoms with van der Waals surface area (Å²) in [7, 11) is 0. The smallest absolute Gasteiger partial charge is 0.331 e. The van der Waals surface area contributed by atoms with E-state index in [4.69, 9.17) is 5.11 Å². The Morgan fingerprint density at radius 3 is 2.41 bits per heavy atom. The second-order valence-electron chi connectivity index (χ2n) is 9.50. The van der Waals surface area contributed by atoms with Crippen molar-refractivity contribution in [1.82, 2.24) is 0 Å². The fraction of sp³-hybridized carbons (Fsp3) is 0.760. The predicted molar refractivity (Wildman–Crippen MR) is 115 cm³/mol. The van der Waals surface area contributed by atoms with Crippen LogP contribution >= 0.6 is 0 Å². The van der Waals surface area contributed by atoms with E-state index in [2.05, 4.69) is 6.92 Å². The van der Waals surface area contributed by atoms with Crippen molar-refractivity contribution in [2.75, 3.05) is 0 Å². The third kappa shape index (κ3) is 5.59. The Kier molecular flexibility index (Phi) is 7.72. The lowest BCUT2D eigenvalue weighted by molar-refractivity contribution is -0.132. The van der Waals surface area contributed by atoms with Crippen LogP contribution in [0.1, 0.15) is 110 Å². The number of hydrogen-bond donors (Lipinski definition) is 2. The number of Topliss-reactive ketones (excluding diaryl/α,β-unsaturated/α-hetero) is 1. The molecule has 3 aliphatic rings. The van der Waals surface area contributed by atoms with Crippen molar-refractivity contribution >= 4 is 11.8 Å². The van der Waals surface area contributed by atoms with Gasteiger partial charge < -0.3 is 10.2 Å². The highest BCUT2D eigenvalue weighted by Crippen LogP contribution is 2.47. The van der Waals surface area contributed by atoms with E-state index in [0.29, 0.717) is 24.2 Å². The summed E-state index contributed by atoms with van der Waals surface area (Å²) in [6.45, 7) is 2.22. The van der Waals surface area contributed by atoms with Crippen LogP contribution in [0.25, 0.3) is 0 Å². The molecule has 0 bridgehead atoms. The highest BCUT2D eigenvalue weighted by molar-refractivity contribution is 5.98. The van der Waals surface area contributed by atoms with E-state index in [9.17, 15) is 14.7 Å². The number of unbranched alkanes of at least 4 members (excludes halogenated alkanes) is 2. The van der Waals surface area contributed by atoms with Gasteiger partial charge in [0.15, 0.2) is 5.78 Å². The van der Waals surface area contributed by atoms with E-state index in [1.54, 1.807) is 0 Å². The second-order valence-corrected chi connectivity index (χ2v) is 9.50. The summed E-state index contributed by atoms with van der Waals surface area (Å²) >= 11 is 0. The van der Waals surface area contributed by atoms with Crippen LogP contribution in [-0.4, -0.2) is 28.1 Å². The van der Waals surface area contributed by atoms with Gasteiger partial charge in [0.05, 0.1) is 6.10 Å². The van der Waals surface area contributed by atoms with Gasteiger partial charge in [-0.1, -0.05) is 43.8 Å². The normalized spacial score (nSPS) is 21.9. The molecule has 3 rings (SSSR count). The van der Waals surface area contributed by atoms with Crippen LogP contribution in [0.2, 0.25) is 0 Å². The molecule has 1 unspecified atom stereocenters. The van der Waals surface area contributed by atoms with Crippen molar-refractivity contribution in [1.29, 1.82) is 0 Å². The second kappa shape index (κ2) is 10.1. The van der Waals surface area contributed by atoms with Crippen LogP contribution in [0.15, 0.2) is 22.3 Å². The first-order valence-corrected chi connectivity index (χ1v) is 11.8. The van der Waals surface area contributed by atoms with Crippen LogP contribution in [0.4, 0.5) is 0 Å². The Hall–Kier alpha value is -1.42. The molecule has 1 saturated carbocycles. The summed E-state index contributed by atoms with van der Waals surface area (Å²) in [5.41, 5.74) is 4.12. The fourth-order valence-corrected chi connectivity index (χ4v) is 5.61. The lowest BCUT2D eigenvalue weighted by Crippen LogP contribution is -2.32. The monoisotopic (exact) mass is 402 g/mol. The quantitative estimate of drug-likeness (QED) is 0.377. The predicted octanol–water partition coefficient (Wildman–Crippen LogP) is 5.88. The molecular formula is C25H38O4. The topological polar surface area (TPSA) is 74.6 Å². The molecule has 0 aromatic carbocycles. The standard InChI is InChI=1S/C25H38O4/c1-2-3-14-25(15-6-7-16-25)23(27)13-11-18-10-12-22(26)20(18)9-5-4-8-19-17-21(19)24(28)29/h23,27H,2-17H2,1H3,(H,28,29). The van der Waals surface area contributed by atoms with Gasteiger partial charge in [0, 0.05) is 18.4 Å². The minimum absolute atomic E-state index is 0.124. The molecule has 0 aliphatic heterocycles. The lowest BCUT2D eigenvalue weighted by atomic mass is 9.74. The summed E-state index contributed by atoms with van der Waals surface area (Å²) in [4.78, 5) is 23.2. The Morgan fingerprint density at radius 2 is 1.76 bits per heavy atom. The largest absolute Gasteiger partial charge is 0.478 e. The number of aliphatic hydroxyl groups excluding tert-OH is 1. The zero-order chi connectivity index (χ0) is 20.9. The number of aliphatic carboxylic acids is 1. The van der Waals surface area contributed by atoms with E-state index in [1.165, 1.54) is 31.3 Å². The summed E-state index contributed by atoms with van der Waals surface area (Å²) in [6, 6.07) is 0. The van der Waals surface area contributed by atoms with Crippen LogP contribution in [0, 0.1) is 5.41 Å². The molecule has 0 spiro atoms. The van der Waals surface area contributed by atoms with Gasteiger partial charge in [-0.05, 0) is 75.2 Å². The molecule has 0 saturated heterocycles. The van der Waals surface area contributed by atoms with E-state index in [1.807, 2.05) is 0 Å². The Morgan fingerprint density at radius 1 is 1.03 bits per heavy atom. The molecule has 0 amide bonds. The number of carboxylic acid groups (broad SMARTS) is 1. The van der Waals surface area contributed by atoms with Crippen molar-refractivity contribution in [3.05, 3.63) is 22.3 Å². The van der Waals surface area contributed by atoms with E-state index >= 15 is 0 Å². The number of aliphatic hydroxyl groups is 1. The van der Waals surface area contributed by atoms with Gasteiger partial charge in [0.2, 0.25) is 0 Å². The molecule has 0 heterocycles. The number of carbonyl (C=O) groups excluding carboxylic acids is 1. The van der Waals surface area contributed by atoms with Gasteiger partial charge in [0.1, 0.15) is 0 Å². The maximum Gasteiger partial charge on any atom is 0.331 e. The minimum atomic E-state index is -0.770. The molecule has 0 radical (unpaired) electrons. The third-order valence-electron chi connectivity index (χ3n) is 7.58. The van der Waals surface area contributed by atoms with Gasteiger partial charge in [-0.15, -0.1) is 0 Å². The van der Waals surface area contributed by atoms with Gasteiger partial charge >= 0.3 is 5.97 Å². The molecule has 1 atom stereocenters. The Bertz CT molecular complexity index is 679. The highest BCUT2D eigenvalue weighted by Gasteiger charge is 2.39. The van der Waals surface area contributed by atoms with Gasteiger partial charge in [-0.2, -0.15) is 0 Å². The van der Waals surface area contributed by atoms with Crippen molar-refractivity contribution in [3.63, 3.8) is 0 Å². The number of carboxylic acids is 1. The maximum atomic E-state index is 12.4. The summed E-state index contributed by atoms with van der Waals surface area (Å²) in [5, 5.41) is 20.0. The van der Waals surface area contributed by atoms with Crippen LogP contribution < -0.4 is 0 Å². The molecule has 4 heteroatoms. The summed E-state index contributed by atoms with van der Waals surface area (Å²) in [5.74, 6) is -0.471. The summed E-state index contributed by atoms with van der Waals surface area (Å²) < 4.78 is 0. The van der Waals surface area contributed by atoms with Crippen molar-refractivity contribution in [2.24, 2.45) is 5.41 Å². The molecule has 3 aliphatic carbocycles. The molecule has 29 heavy (non-hydrogen) atoms. The first-order valence-electron chi connectivity index (χ1n) is 11.8. The molecule has 4 nitrogen and oxygen atoms in total. The molecule has 162 valence electrons. The van der Waals surface area contributed by atoms with E-state index in [-0.39, 0.29) is 11.5 Å². The Labute approximate surface area is 175 Å². The van der Waals surface area contributed by atoms with Gasteiger partial charge in [-0.3, -0.25) is 4.79 Å². The molecule has 1 fully saturated rings. The van der Waals surface area contributed by atoms with Gasteiger partial charge in [-0.25, -0.2) is 4.79 Å². The van der Waals surface area contributed by atoms with Crippen LogP contribution in [0.5, 0.6) is 0 Å². The zero-order valence-corrected chi connectivity index (χ0v) is 18.1. The number of rotatable bonds is 13. The molecular weight excluding hydrogens is 364 g/mol. The molecule has 0 aromatic heterocycles. The highest BCUT2D eigenvalue weighted by atomic mass is 16.4. The van der Waals surface area contributed by atoms with Crippen LogP contribution in [0.3, 0.4) is 0 Å². The Balaban J connectivity index is 1.49. The average molecular weight is 403 g/mol. The number of allylic oxidation sites excluding steroid dienone is 3. The SMILES string of the molecule is CCCCC1(C(O)CCC2=C(CCCCC3=C(C(=O)O)C3)C(=O)CC2)CCCC1. The minimum Gasteiger partial charge on any atom is -0.478 e. The zero-order valence-electron chi connectivity index (χ0n) is 18.1.